The van der Waals surface area contributed by atoms with Crippen LogP contribution in [0.15, 0.2) is 41.4 Å². The van der Waals surface area contributed by atoms with Crippen LogP contribution in [0.1, 0.15) is 55.1 Å². The zero-order chi connectivity index (χ0) is 19.4. The van der Waals surface area contributed by atoms with Gasteiger partial charge in [0.2, 0.25) is 0 Å². The quantitative estimate of drug-likeness (QED) is 0.555. The molecule has 0 aliphatic carbocycles. The van der Waals surface area contributed by atoms with Crippen LogP contribution in [-0.4, -0.2) is 31.3 Å². The third-order valence-corrected chi connectivity index (χ3v) is 6.86. The molecule has 2 aromatic rings. The zero-order valence-corrected chi connectivity index (χ0v) is 16.5. The highest BCUT2D eigenvalue weighted by atomic mass is 32.2. The van der Waals surface area contributed by atoms with Gasteiger partial charge in [0, 0.05) is 18.4 Å². The van der Waals surface area contributed by atoms with Crippen molar-refractivity contribution in [2.75, 3.05) is 23.0 Å². The zero-order valence-electron chi connectivity index (χ0n) is 15.7. The molecule has 1 aromatic heterocycles. The number of carbonyl (C=O) groups is 1. The highest BCUT2D eigenvalue weighted by Crippen LogP contribution is 2.31. The molecule has 1 aliphatic rings. The van der Waals surface area contributed by atoms with Crippen LogP contribution in [0.25, 0.3) is 0 Å². The first-order valence-electron chi connectivity index (χ1n) is 9.54. The van der Waals surface area contributed by atoms with Crippen molar-refractivity contribution in [2.24, 2.45) is 0 Å². The summed E-state index contributed by atoms with van der Waals surface area (Å²) in [5.74, 6) is 5.78. The Bertz CT molecular complexity index is 918. The minimum Gasteiger partial charge on any atom is -0.339 e. The molecular formula is C20H27N3O3S. The number of amides is 1. The van der Waals surface area contributed by atoms with Gasteiger partial charge in [-0.1, -0.05) is 32.6 Å². The monoisotopic (exact) mass is 389 g/mol. The predicted molar refractivity (Wildman–Crippen MR) is 107 cm³/mol. The van der Waals surface area contributed by atoms with Gasteiger partial charge >= 0.3 is 0 Å². The van der Waals surface area contributed by atoms with Gasteiger partial charge in [-0.3, -0.25) is 9.47 Å². The lowest BCUT2D eigenvalue weighted by Crippen LogP contribution is -2.32. The van der Waals surface area contributed by atoms with E-state index >= 15 is 0 Å². The standard InChI is InChI=1S/C20H27N3O3S/c1-2-3-4-5-6-14-27(25,26)17-9-10-18-16(15-17)11-13-22(18)20(24)19-8-7-12-23(19)21/h7-10,12,15H,2-6,11,13-14,21H2,1H3. The Hall–Kier alpha value is -2.28. The lowest BCUT2D eigenvalue weighted by molar-refractivity contribution is 0.0982. The number of nitrogens with two attached hydrogens (primary N) is 1. The lowest BCUT2D eigenvalue weighted by atomic mass is 10.2. The molecule has 0 unspecified atom stereocenters. The summed E-state index contributed by atoms with van der Waals surface area (Å²) in [5.41, 5.74) is 2.07. The van der Waals surface area contributed by atoms with E-state index in [1.807, 2.05) is 0 Å². The maximum absolute atomic E-state index is 12.7. The van der Waals surface area contributed by atoms with Crippen LogP contribution < -0.4 is 10.7 Å². The number of anilines is 1. The van der Waals surface area contributed by atoms with Crippen LogP contribution >= 0.6 is 0 Å². The second-order valence-electron chi connectivity index (χ2n) is 7.03. The number of aromatic nitrogens is 1. The van der Waals surface area contributed by atoms with Crippen molar-refractivity contribution in [3.05, 3.63) is 47.8 Å². The van der Waals surface area contributed by atoms with Gasteiger partial charge in [0.05, 0.1) is 10.6 Å². The highest BCUT2D eigenvalue weighted by molar-refractivity contribution is 7.91. The Labute approximate surface area is 160 Å². The Morgan fingerprint density at radius 2 is 1.93 bits per heavy atom. The smallest absolute Gasteiger partial charge is 0.276 e. The van der Waals surface area contributed by atoms with Crippen LogP contribution in [-0.2, 0) is 16.3 Å². The SMILES string of the molecule is CCCCCCCS(=O)(=O)c1ccc2c(c1)CCN2C(=O)c1cccn1N. The van der Waals surface area contributed by atoms with Crippen molar-refractivity contribution in [1.29, 1.82) is 0 Å². The van der Waals surface area contributed by atoms with Crippen LogP contribution in [0.5, 0.6) is 0 Å². The first kappa shape index (κ1) is 19.5. The molecule has 1 aliphatic heterocycles. The topological polar surface area (TPSA) is 85.4 Å². The summed E-state index contributed by atoms with van der Waals surface area (Å²) in [4.78, 5) is 14.7. The average Bonchev–Trinajstić information content (AvgIpc) is 3.26. The molecule has 3 rings (SSSR count). The van der Waals surface area contributed by atoms with E-state index in [1.54, 1.807) is 41.4 Å². The summed E-state index contributed by atoms with van der Waals surface area (Å²) < 4.78 is 26.5. The van der Waals surface area contributed by atoms with E-state index < -0.39 is 9.84 Å². The normalized spacial score (nSPS) is 13.7. The largest absolute Gasteiger partial charge is 0.339 e. The Morgan fingerprint density at radius 1 is 1.15 bits per heavy atom. The number of rotatable bonds is 8. The molecule has 1 aromatic carbocycles. The number of fused-ring (bicyclic) bond motifs is 1. The number of carbonyl (C=O) groups excluding carboxylic acids is 1. The Balaban J connectivity index is 1.72. The van der Waals surface area contributed by atoms with Gasteiger partial charge in [-0.25, -0.2) is 8.42 Å². The van der Waals surface area contributed by atoms with Gasteiger partial charge in [0.25, 0.3) is 5.91 Å². The number of hydrogen-bond donors (Lipinski definition) is 1. The molecule has 0 fully saturated rings. The van der Waals surface area contributed by atoms with Crippen molar-refractivity contribution in [2.45, 2.75) is 50.3 Å². The molecule has 7 heteroatoms. The summed E-state index contributed by atoms with van der Waals surface area (Å²) >= 11 is 0. The highest BCUT2D eigenvalue weighted by Gasteiger charge is 2.28. The van der Waals surface area contributed by atoms with Crippen LogP contribution in [0.2, 0.25) is 0 Å². The molecule has 146 valence electrons. The molecule has 0 saturated carbocycles. The maximum atomic E-state index is 12.7. The number of nitrogen functional groups attached to an aromatic ring is 1. The first-order chi connectivity index (χ1) is 12.9. The fourth-order valence-electron chi connectivity index (χ4n) is 3.51. The van der Waals surface area contributed by atoms with Crippen LogP contribution in [0.4, 0.5) is 5.69 Å². The Morgan fingerprint density at radius 3 is 2.63 bits per heavy atom. The molecule has 6 nitrogen and oxygen atoms in total. The molecule has 0 saturated heterocycles. The Kier molecular flexibility index (Phi) is 5.89. The van der Waals surface area contributed by atoms with E-state index in [1.165, 1.54) is 4.68 Å². The van der Waals surface area contributed by atoms with Crippen molar-refractivity contribution in [3.63, 3.8) is 0 Å². The van der Waals surface area contributed by atoms with E-state index in [4.69, 9.17) is 5.84 Å². The van der Waals surface area contributed by atoms with Crippen molar-refractivity contribution < 1.29 is 13.2 Å². The van der Waals surface area contributed by atoms with Crippen molar-refractivity contribution in [1.82, 2.24) is 4.68 Å². The van der Waals surface area contributed by atoms with Crippen molar-refractivity contribution >= 4 is 21.4 Å². The fourth-order valence-corrected chi connectivity index (χ4v) is 4.93. The molecule has 0 radical (unpaired) electrons. The molecular weight excluding hydrogens is 362 g/mol. The van der Waals surface area contributed by atoms with Gasteiger partial charge in [0.15, 0.2) is 9.84 Å². The van der Waals surface area contributed by atoms with Gasteiger partial charge in [-0.2, -0.15) is 0 Å². The number of sulfone groups is 1. The first-order valence-corrected chi connectivity index (χ1v) is 11.2. The number of benzene rings is 1. The van der Waals surface area contributed by atoms with Gasteiger partial charge in [-0.05, 0) is 48.7 Å². The minimum atomic E-state index is -3.28. The third kappa shape index (κ3) is 4.18. The molecule has 0 atom stereocenters. The van der Waals surface area contributed by atoms with Crippen LogP contribution in [0, 0.1) is 0 Å². The minimum absolute atomic E-state index is 0.173. The predicted octanol–water partition coefficient (Wildman–Crippen LogP) is 3.15. The maximum Gasteiger partial charge on any atom is 0.276 e. The number of unbranched alkanes of at least 4 members (excludes halogenated alkanes) is 4. The van der Waals surface area contributed by atoms with E-state index in [9.17, 15) is 13.2 Å². The van der Waals surface area contributed by atoms with Gasteiger partial charge in [-0.15, -0.1) is 0 Å². The summed E-state index contributed by atoms with van der Waals surface area (Å²) in [7, 11) is -3.28. The summed E-state index contributed by atoms with van der Waals surface area (Å²) in [6, 6.07) is 8.49. The average molecular weight is 390 g/mol. The molecule has 2 heterocycles. The molecule has 2 N–H and O–H groups in total. The van der Waals surface area contributed by atoms with Crippen LogP contribution in [0.3, 0.4) is 0 Å². The lowest BCUT2D eigenvalue weighted by Gasteiger charge is -2.18. The number of hydrogen-bond acceptors (Lipinski definition) is 4. The third-order valence-electron chi connectivity index (χ3n) is 5.07. The summed E-state index contributed by atoms with van der Waals surface area (Å²) in [5, 5.41) is 0. The van der Waals surface area contributed by atoms with E-state index in [0.29, 0.717) is 30.0 Å². The molecule has 1 amide bonds. The van der Waals surface area contributed by atoms with E-state index in [-0.39, 0.29) is 11.7 Å². The van der Waals surface area contributed by atoms with E-state index in [0.717, 1.165) is 36.9 Å². The van der Waals surface area contributed by atoms with Gasteiger partial charge in [0.1, 0.15) is 5.69 Å². The molecule has 27 heavy (non-hydrogen) atoms. The van der Waals surface area contributed by atoms with Gasteiger partial charge < -0.3 is 10.7 Å². The molecule has 0 spiro atoms. The summed E-state index contributed by atoms with van der Waals surface area (Å²) in [6.07, 6.45) is 7.27. The second-order valence-corrected chi connectivity index (χ2v) is 9.14. The fraction of sp³-hybridized carbons (Fsp3) is 0.450. The van der Waals surface area contributed by atoms with E-state index in [2.05, 4.69) is 6.92 Å². The number of nitrogens with zero attached hydrogens (tertiary/aromatic N) is 2. The second kappa shape index (κ2) is 8.17. The van der Waals surface area contributed by atoms with Crippen molar-refractivity contribution in [3.8, 4) is 0 Å². The molecule has 0 bridgehead atoms. The summed E-state index contributed by atoms with van der Waals surface area (Å²) in [6.45, 7) is 2.67.